The SMILES string of the molecule is O=CC1C2CC(C1C(=O)O)C1C(=O)OC(=O)C21. The van der Waals surface area contributed by atoms with E-state index >= 15 is 0 Å². The van der Waals surface area contributed by atoms with Crippen molar-refractivity contribution in [2.75, 3.05) is 0 Å². The molecule has 0 spiro atoms. The predicted octanol–water partition coefficient (Wildman–Crippen LogP) is -0.532. The zero-order chi connectivity index (χ0) is 12.3. The Labute approximate surface area is 95.9 Å². The molecule has 3 rings (SSSR count). The Morgan fingerprint density at radius 3 is 2.35 bits per heavy atom. The minimum atomic E-state index is -1.07. The lowest BCUT2D eigenvalue weighted by molar-refractivity contribution is -0.154. The molecule has 0 aromatic rings. The maximum Gasteiger partial charge on any atom is 0.317 e. The number of carboxylic acids is 1. The van der Waals surface area contributed by atoms with E-state index in [-0.39, 0.29) is 5.92 Å². The molecule has 2 saturated carbocycles. The zero-order valence-corrected chi connectivity index (χ0v) is 8.74. The van der Waals surface area contributed by atoms with Crippen LogP contribution in [0, 0.1) is 35.5 Å². The van der Waals surface area contributed by atoms with Crippen molar-refractivity contribution in [3.63, 3.8) is 0 Å². The predicted molar refractivity (Wildman–Crippen MR) is 50.4 cm³/mol. The van der Waals surface area contributed by atoms with E-state index in [4.69, 9.17) is 5.11 Å². The van der Waals surface area contributed by atoms with Gasteiger partial charge in [-0.05, 0) is 18.3 Å². The van der Waals surface area contributed by atoms with Gasteiger partial charge in [0.15, 0.2) is 0 Å². The fraction of sp³-hybridized carbons (Fsp3) is 0.636. The van der Waals surface area contributed by atoms with Crippen LogP contribution in [0.4, 0.5) is 0 Å². The summed E-state index contributed by atoms with van der Waals surface area (Å²) >= 11 is 0. The van der Waals surface area contributed by atoms with Gasteiger partial charge in [-0.15, -0.1) is 0 Å². The van der Waals surface area contributed by atoms with Gasteiger partial charge in [-0.1, -0.05) is 0 Å². The molecule has 1 N–H and O–H groups in total. The number of fused-ring (bicyclic) bond motifs is 5. The largest absolute Gasteiger partial charge is 0.481 e. The van der Waals surface area contributed by atoms with E-state index < -0.39 is 47.5 Å². The lowest BCUT2D eigenvalue weighted by Gasteiger charge is -2.29. The molecule has 1 heterocycles. The number of ether oxygens (including phenoxy) is 1. The fourth-order valence-electron chi connectivity index (χ4n) is 3.87. The molecular formula is C11H10O6. The summed E-state index contributed by atoms with van der Waals surface area (Å²) in [4.78, 5) is 45.1. The van der Waals surface area contributed by atoms with Gasteiger partial charge in [-0.2, -0.15) is 0 Å². The van der Waals surface area contributed by atoms with Gasteiger partial charge >= 0.3 is 17.9 Å². The van der Waals surface area contributed by atoms with Crippen LogP contribution >= 0.6 is 0 Å². The highest BCUT2D eigenvalue weighted by Gasteiger charge is 2.68. The van der Waals surface area contributed by atoms with Gasteiger partial charge in [0.1, 0.15) is 6.29 Å². The summed E-state index contributed by atoms with van der Waals surface area (Å²) < 4.78 is 4.54. The number of cyclic esters (lactones) is 2. The quantitative estimate of drug-likeness (QED) is 0.394. The van der Waals surface area contributed by atoms with Crippen molar-refractivity contribution >= 4 is 24.2 Å². The van der Waals surface area contributed by atoms with Crippen molar-refractivity contribution in [3.8, 4) is 0 Å². The molecule has 6 unspecified atom stereocenters. The zero-order valence-electron chi connectivity index (χ0n) is 8.74. The summed E-state index contributed by atoms with van der Waals surface area (Å²) in [5.41, 5.74) is 0. The minimum absolute atomic E-state index is 0.345. The molecule has 6 nitrogen and oxygen atoms in total. The molecule has 2 aliphatic carbocycles. The number of hydrogen-bond donors (Lipinski definition) is 1. The number of carbonyl (C=O) groups is 4. The average molecular weight is 238 g/mol. The average Bonchev–Trinajstić information content (AvgIpc) is 2.88. The summed E-state index contributed by atoms with van der Waals surface area (Å²) in [7, 11) is 0. The lowest BCUT2D eigenvalue weighted by atomic mass is 9.69. The van der Waals surface area contributed by atoms with E-state index in [1.165, 1.54) is 0 Å². The van der Waals surface area contributed by atoms with Crippen molar-refractivity contribution < 1.29 is 29.0 Å². The first kappa shape index (κ1) is 10.4. The standard InChI is InChI=1S/C11H10O6/c12-2-5-3-1-4(6(5)9(13)14)8-7(3)10(15)17-11(8)16/h2-8H,1H2,(H,13,14). The van der Waals surface area contributed by atoms with E-state index in [0.29, 0.717) is 12.7 Å². The van der Waals surface area contributed by atoms with Crippen LogP contribution in [0.15, 0.2) is 0 Å². The molecule has 1 aliphatic heterocycles. The molecule has 17 heavy (non-hydrogen) atoms. The van der Waals surface area contributed by atoms with Gasteiger partial charge in [0.25, 0.3) is 0 Å². The van der Waals surface area contributed by atoms with Crippen LogP contribution in [-0.4, -0.2) is 29.3 Å². The first-order valence-electron chi connectivity index (χ1n) is 5.50. The molecule has 3 fully saturated rings. The van der Waals surface area contributed by atoms with Crippen LogP contribution in [0.5, 0.6) is 0 Å². The Balaban J connectivity index is 2.02. The molecule has 0 radical (unpaired) electrons. The van der Waals surface area contributed by atoms with Crippen molar-refractivity contribution in [1.82, 2.24) is 0 Å². The molecule has 1 saturated heterocycles. The van der Waals surface area contributed by atoms with Crippen LogP contribution in [0.25, 0.3) is 0 Å². The minimum Gasteiger partial charge on any atom is -0.481 e. The molecule has 3 aliphatic rings. The first-order chi connectivity index (χ1) is 8.06. The fourth-order valence-corrected chi connectivity index (χ4v) is 3.87. The third-order valence-electron chi connectivity index (χ3n) is 4.41. The van der Waals surface area contributed by atoms with Gasteiger partial charge in [-0.25, -0.2) is 0 Å². The molecule has 6 heteroatoms. The Hall–Kier alpha value is -1.72. The first-order valence-corrected chi connectivity index (χ1v) is 5.50. The van der Waals surface area contributed by atoms with Gasteiger partial charge in [0.2, 0.25) is 0 Å². The molecular weight excluding hydrogens is 228 g/mol. The van der Waals surface area contributed by atoms with Crippen molar-refractivity contribution in [3.05, 3.63) is 0 Å². The topological polar surface area (TPSA) is 97.7 Å². The Kier molecular flexibility index (Phi) is 1.93. The second-order valence-corrected chi connectivity index (χ2v) is 4.93. The lowest BCUT2D eigenvalue weighted by Crippen LogP contribution is -2.40. The Bertz CT molecular complexity index is 439. The highest BCUT2D eigenvalue weighted by molar-refractivity contribution is 5.98. The van der Waals surface area contributed by atoms with Crippen molar-refractivity contribution in [2.45, 2.75) is 6.42 Å². The number of hydrogen-bond acceptors (Lipinski definition) is 5. The third-order valence-corrected chi connectivity index (χ3v) is 4.41. The summed E-state index contributed by atoms with van der Waals surface area (Å²) in [6, 6.07) is 0. The highest BCUT2D eigenvalue weighted by Crippen LogP contribution is 2.60. The van der Waals surface area contributed by atoms with E-state index in [1.54, 1.807) is 0 Å². The number of esters is 2. The molecule has 0 aromatic heterocycles. The highest BCUT2D eigenvalue weighted by atomic mass is 16.6. The van der Waals surface area contributed by atoms with E-state index in [0.717, 1.165) is 0 Å². The Morgan fingerprint density at radius 1 is 1.24 bits per heavy atom. The molecule has 0 aromatic carbocycles. The summed E-state index contributed by atoms with van der Waals surface area (Å²) in [5.74, 6) is -5.83. The molecule has 6 atom stereocenters. The maximum absolute atomic E-state index is 11.5. The number of carboxylic acid groups (broad SMARTS) is 1. The van der Waals surface area contributed by atoms with E-state index in [1.807, 2.05) is 0 Å². The third kappa shape index (κ3) is 1.10. The maximum atomic E-state index is 11.5. The monoisotopic (exact) mass is 238 g/mol. The molecule has 90 valence electrons. The van der Waals surface area contributed by atoms with Gasteiger partial charge < -0.3 is 14.6 Å². The van der Waals surface area contributed by atoms with Crippen LogP contribution in [-0.2, 0) is 23.9 Å². The van der Waals surface area contributed by atoms with Gasteiger partial charge in [0, 0.05) is 5.92 Å². The smallest absolute Gasteiger partial charge is 0.317 e. The second-order valence-electron chi connectivity index (χ2n) is 4.93. The van der Waals surface area contributed by atoms with Crippen LogP contribution in [0.2, 0.25) is 0 Å². The number of rotatable bonds is 2. The molecule has 0 amide bonds. The number of carbonyl (C=O) groups excluding carboxylic acids is 3. The number of aliphatic carboxylic acids is 1. The molecule has 2 bridgehead atoms. The van der Waals surface area contributed by atoms with E-state index in [2.05, 4.69) is 4.74 Å². The van der Waals surface area contributed by atoms with Crippen molar-refractivity contribution in [1.29, 1.82) is 0 Å². The van der Waals surface area contributed by atoms with Crippen LogP contribution in [0.3, 0.4) is 0 Å². The summed E-state index contributed by atoms with van der Waals surface area (Å²) in [6.07, 6.45) is 1.06. The van der Waals surface area contributed by atoms with Crippen molar-refractivity contribution in [2.24, 2.45) is 35.5 Å². The van der Waals surface area contributed by atoms with Gasteiger partial charge in [0.05, 0.1) is 17.8 Å². The normalized spacial score (nSPS) is 46.8. The second kappa shape index (κ2) is 3.15. The number of aldehydes is 1. The summed E-state index contributed by atoms with van der Waals surface area (Å²) in [5, 5.41) is 9.11. The summed E-state index contributed by atoms with van der Waals surface area (Å²) in [6.45, 7) is 0. The van der Waals surface area contributed by atoms with Crippen LogP contribution < -0.4 is 0 Å². The van der Waals surface area contributed by atoms with E-state index in [9.17, 15) is 19.2 Å². The van der Waals surface area contributed by atoms with Gasteiger partial charge in [-0.3, -0.25) is 14.4 Å². The Morgan fingerprint density at radius 2 is 1.82 bits per heavy atom. The van der Waals surface area contributed by atoms with Crippen LogP contribution in [0.1, 0.15) is 6.42 Å².